The maximum atomic E-state index is 10.5. The van der Waals surface area contributed by atoms with Crippen LogP contribution in [0.25, 0.3) is 0 Å². The van der Waals surface area contributed by atoms with Gasteiger partial charge in [-0.25, -0.2) is 0 Å². The van der Waals surface area contributed by atoms with Crippen molar-refractivity contribution >= 4 is 0 Å². The van der Waals surface area contributed by atoms with Crippen molar-refractivity contribution in [1.82, 2.24) is 4.90 Å². The Labute approximate surface area is 128 Å². The van der Waals surface area contributed by atoms with Gasteiger partial charge in [0.1, 0.15) is 5.75 Å². The molecule has 1 aromatic rings. The minimum absolute atomic E-state index is 0.433. The Hall–Kier alpha value is -1.06. The van der Waals surface area contributed by atoms with E-state index in [1.807, 2.05) is 24.3 Å². The Morgan fingerprint density at radius 1 is 1.29 bits per heavy atom. The van der Waals surface area contributed by atoms with E-state index < -0.39 is 6.10 Å². The quantitative estimate of drug-likeness (QED) is 0.832. The number of para-hydroxylation sites is 1. The fourth-order valence-electron chi connectivity index (χ4n) is 2.85. The lowest BCUT2D eigenvalue weighted by Crippen LogP contribution is -2.34. The third kappa shape index (κ3) is 5.01. The zero-order valence-corrected chi connectivity index (χ0v) is 13.4. The highest BCUT2D eigenvalue weighted by molar-refractivity contribution is 5.35. The van der Waals surface area contributed by atoms with Crippen molar-refractivity contribution in [2.45, 2.75) is 45.6 Å². The summed E-state index contributed by atoms with van der Waals surface area (Å²) in [6, 6.07) is 7.87. The number of ether oxygens (including phenoxy) is 1. The molecule has 1 heterocycles. The lowest BCUT2D eigenvalue weighted by molar-refractivity contribution is 0.122. The van der Waals surface area contributed by atoms with Gasteiger partial charge in [-0.1, -0.05) is 32.0 Å². The van der Waals surface area contributed by atoms with E-state index in [1.54, 1.807) is 0 Å². The number of benzene rings is 1. The Kier molecular flexibility index (Phi) is 6.52. The van der Waals surface area contributed by atoms with E-state index in [-0.39, 0.29) is 0 Å². The molecule has 1 fully saturated rings. The summed E-state index contributed by atoms with van der Waals surface area (Å²) in [5.41, 5.74) is 0.927. The molecule has 0 amide bonds. The molecule has 1 aliphatic heterocycles. The Balaban J connectivity index is 1.86. The van der Waals surface area contributed by atoms with Gasteiger partial charge in [0.2, 0.25) is 0 Å². The van der Waals surface area contributed by atoms with Crippen LogP contribution >= 0.6 is 0 Å². The number of likely N-dealkylation sites (tertiary alicyclic amines) is 1. The van der Waals surface area contributed by atoms with Gasteiger partial charge in [-0.15, -0.1) is 0 Å². The van der Waals surface area contributed by atoms with Crippen LogP contribution in [0.1, 0.15) is 51.2 Å². The molecule has 1 atom stereocenters. The van der Waals surface area contributed by atoms with E-state index in [4.69, 9.17) is 4.74 Å². The van der Waals surface area contributed by atoms with Crippen LogP contribution in [-0.4, -0.2) is 36.2 Å². The van der Waals surface area contributed by atoms with Gasteiger partial charge in [0, 0.05) is 12.1 Å². The predicted molar refractivity (Wildman–Crippen MR) is 86.6 cm³/mol. The van der Waals surface area contributed by atoms with Crippen LogP contribution in [-0.2, 0) is 0 Å². The maximum Gasteiger partial charge on any atom is 0.125 e. The summed E-state index contributed by atoms with van der Waals surface area (Å²) in [4.78, 5) is 2.47. The second-order valence-corrected chi connectivity index (χ2v) is 6.21. The van der Waals surface area contributed by atoms with E-state index in [1.165, 1.54) is 25.9 Å². The SMILES string of the molecule is CCCOc1ccccc1C(O)CCN1CCC(C)CC1. The molecular formula is C18H29NO2. The van der Waals surface area contributed by atoms with E-state index in [2.05, 4.69) is 18.7 Å². The summed E-state index contributed by atoms with van der Waals surface area (Å²) in [6.07, 6.45) is 3.90. The number of piperidine rings is 1. The zero-order valence-electron chi connectivity index (χ0n) is 13.4. The number of nitrogens with zero attached hydrogens (tertiary/aromatic N) is 1. The molecular weight excluding hydrogens is 262 g/mol. The van der Waals surface area contributed by atoms with Crippen molar-refractivity contribution in [3.8, 4) is 5.75 Å². The van der Waals surface area contributed by atoms with Crippen LogP contribution in [0, 0.1) is 5.92 Å². The highest BCUT2D eigenvalue weighted by Gasteiger charge is 2.18. The van der Waals surface area contributed by atoms with Crippen molar-refractivity contribution in [2.24, 2.45) is 5.92 Å². The predicted octanol–water partition coefficient (Wildman–Crippen LogP) is 3.63. The lowest BCUT2D eigenvalue weighted by Gasteiger charge is -2.30. The molecule has 0 aliphatic carbocycles. The topological polar surface area (TPSA) is 32.7 Å². The maximum absolute atomic E-state index is 10.5. The fraction of sp³-hybridized carbons (Fsp3) is 0.667. The van der Waals surface area contributed by atoms with Gasteiger partial charge in [-0.05, 0) is 50.8 Å². The van der Waals surface area contributed by atoms with E-state index in [9.17, 15) is 5.11 Å². The number of aliphatic hydroxyl groups excluding tert-OH is 1. The van der Waals surface area contributed by atoms with Gasteiger partial charge in [0.25, 0.3) is 0 Å². The van der Waals surface area contributed by atoms with E-state index in [0.717, 1.165) is 36.6 Å². The van der Waals surface area contributed by atoms with Crippen LogP contribution in [0.2, 0.25) is 0 Å². The molecule has 0 aromatic heterocycles. The summed E-state index contributed by atoms with van der Waals surface area (Å²) in [5.74, 6) is 1.69. The summed E-state index contributed by atoms with van der Waals surface area (Å²) < 4.78 is 5.74. The van der Waals surface area contributed by atoms with Gasteiger partial charge in [-0.2, -0.15) is 0 Å². The lowest BCUT2D eigenvalue weighted by atomic mass is 9.98. The first-order valence-corrected chi connectivity index (χ1v) is 8.32. The molecule has 1 unspecified atom stereocenters. The minimum atomic E-state index is -0.433. The minimum Gasteiger partial charge on any atom is -0.493 e. The van der Waals surface area contributed by atoms with Crippen molar-refractivity contribution in [3.63, 3.8) is 0 Å². The van der Waals surface area contributed by atoms with Gasteiger partial charge < -0.3 is 14.7 Å². The van der Waals surface area contributed by atoms with Gasteiger partial charge in [-0.3, -0.25) is 0 Å². The van der Waals surface area contributed by atoms with Gasteiger partial charge in [0.05, 0.1) is 12.7 Å². The molecule has 1 aliphatic rings. The molecule has 2 rings (SSSR count). The number of rotatable bonds is 7. The molecule has 0 spiro atoms. The van der Waals surface area contributed by atoms with Crippen LogP contribution in [0.3, 0.4) is 0 Å². The third-order valence-corrected chi connectivity index (χ3v) is 4.33. The highest BCUT2D eigenvalue weighted by atomic mass is 16.5. The van der Waals surface area contributed by atoms with Crippen molar-refractivity contribution < 1.29 is 9.84 Å². The Morgan fingerprint density at radius 3 is 2.71 bits per heavy atom. The normalized spacial score (nSPS) is 18.6. The second-order valence-electron chi connectivity index (χ2n) is 6.21. The molecule has 0 radical (unpaired) electrons. The number of hydrogen-bond acceptors (Lipinski definition) is 3. The summed E-state index contributed by atoms with van der Waals surface area (Å²) in [6.45, 7) is 8.43. The smallest absolute Gasteiger partial charge is 0.125 e. The third-order valence-electron chi connectivity index (χ3n) is 4.33. The number of aliphatic hydroxyl groups is 1. The Bertz CT molecular complexity index is 413. The van der Waals surface area contributed by atoms with E-state index in [0.29, 0.717) is 6.61 Å². The molecule has 3 heteroatoms. The van der Waals surface area contributed by atoms with Crippen LogP contribution in [0.4, 0.5) is 0 Å². The highest BCUT2D eigenvalue weighted by Crippen LogP contribution is 2.28. The van der Waals surface area contributed by atoms with Crippen molar-refractivity contribution in [1.29, 1.82) is 0 Å². The molecule has 0 saturated carbocycles. The molecule has 1 saturated heterocycles. The molecule has 0 bridgehead atoms. The summed E-state index contributed by atoms with van der Waals surface area (Å²) >= 11 is 0. The monoisotopic (exact) mass is 291 g/mol. The molecule has 3 nitrogen and oxygen atoms in total. The van der Waals surface area contributed by atoms with Crippen LogP contribution in [0.5, 0.6) is 5.75 Å². The van der Waals surface area contributed by atoms with Crippen LogP contribution in [0.15, 0.2) is 24.3 Å². The fourth-order valence-corrected chi connectivity index (χ4v) is 2.85. The summed E-state index contributed by atoms with van der Waals surface area (Å²) in [7, 11) is 0. The number of hydrogen-bond donors (Lipinski definition) is 1. The molecule has 21 heavy (non-hydrogen) atoms. The van der Waals surface area contributed by atoms with Crippen molar-refractivity contribution in [2.75, 3.05) is 26.2 Å². The average Bonchev–Trinajstić information content (AvgIpc) is 2.52. The summed E-state index contributed by atoms with van der Waals surface area (Å²) in [5, 5.41) is 10.5. The standard InChI is InChI=1S/C18H29NO2/c1-3-14-21-18-7-5-4-6-16(18)17(20)10-13-19-11-8-15(2)9-12-19/h4-7,15,17,20H,3,8-14H2,1-2H3. The average molecular weight is 291 g/mol. The molecule has 1 aromatic carbocycles. The van der Waals surface area contributed by atoms with E-state index >= 15 is 0 Å². The van der Waals surface area contributed by atoms with Crippen LogP contribution < -0.4 is 4.74 Å². The largest absolute Gasteiger partial charge is 0.493 e. The zero-order chi connectivity index (χ0) is 15.1. The second kappa shape index (κ2) is 8.40. The van der Waals surface area contributed by atoms with Gasteiger partial charge >= 0.3 is 0 Å². The first kappa shape index (κ1) is 16.3. The Morgan fingerprint density at radius 2 is 2.00 bits per heavy atom. The first-order chi connectivity index (χ1) is 10.2. The van der Waals surface area contributed by atoms with Gasteiger partial charge in [0.15, 0.2) is 0 Å². The molecule has 118 valence electrons. The first-order valence-electron chi connectivity index (χ1n) is 8.32. The van der Waals surface area contributed by atoms with Crippen molar-refractivity contribution in [3.05, 3.63) is 29.8 Å². The molecule has 1 N–H and O–H groups in total.